The minimum atomic E-state index is -3.44. The zero-order valence-electron chi connectivity index (χ0n) is 15.9. The topological polar surface area (TPSA) is 37.4 Å². The van der Waals surface area contributed by atoms with Crippen molar-refractivity contribution in [3.8, 4) is 11.1 Å². The fourth-order valence-electron chi connectivity index (χ4n) is 3.50. The van der Waals surface area contributed by atoms with Crippen molar-refractivity contribution in [3.63, 3.8) is 0 Å². The van der Waals surface area contributed by atoms with Gasteiger partial charge in [0.25, 0.3) is 0 Å². The summed E-state index contributed by atoms with van der Waals surface area (Å²) < 4.78 is 27.2. The van der Waals surface area contributed by atoms with Crippen LogP contribution in [0.25, 0.3) is 16.7 Å². The van der Waals surface area contributed by atoms with E-state index in [-0.39, 0.29) is 0 Å². The molecule has 0 amide bonds. The molecule has 3 nitrogen and oxygen atoms in total. The van der Waals surface area contributed by atoms with Crippen LogP contribution in [0.3, 0.4) is 0 Å². The molecule has 3 aromatic rings. The molecular formula is C24H23NO2S. The Bertz CT molecular complexity index is 1080. The molecule has 0 radical (unpaired) electrons. The molecule has 4 rings (SSSR count). The molecule has 0 fully saturated rings. The summed E-state index contributed by atoms with van der Waals surface area (Å²) >= 11 is 0. The zero-order valence-corrected chi connectivity index (χ0v) is 16.7. The molecule has 0 saturated carbocycles. The number of hydrogen-bond acceptors (Lipinski definition) is 2. The Labute approximate surface area is 167 Å². The highest BCUT2D eigenvalue weighted by Crippen LogP contribution is 2.28. The molecule has 0 bridgehead atoms. The number of rotatable bonds is 4. The zero-order chi connectivity index (χ0) is 19.6. The van der Waals surface area contributed by atoms with Gasteiger partial charge in [0.2, 0.25) is 10.0 Å². The minimum Gasteiger partial charge on any atom is -0.207 e. The van der Waals surface area contributed by atoms with Crippen LogP contribution >= 0.6 is 0 Å². The van der Waals surface area contributed by atoms with E-state index in [2.05, 4.69) is 36.4 Å². The molecule has 0 aromatic heterocycles. The average molecular weight is 390 g/mol. The summed E-state index contributed by atoms with van der Waals surface area (Å²) in [6.07, 6.45) is 2.75. The maximum Gasteiger partial charge on any atom is 0.243 e. The first kappa shape index (κ1) is 18.7. The van der Waals surface area contributed by atoms with Gasteiger partial charge >= 0.3 is 0 Å². The number of nitrogens with zero attached hydrogens (tertiary/aromatic N) is 1. The third kappa shape index (κ3) is 3.79. The molecule has 0 unspecified atom stereocenters. The molecule has 1 aliphatic heterocycles. The summed E-state index contributed by atoms with van der Waals surface area (Å²) in [6.45, 7) is 2.86. The fourth-order valence-corrected chi connectivity index (χ4v) is 4.88. The molecule has 142 valence electrons. The second-order valence-electron chi connectivity index (χ2n) is 7.10. The van der Waals surface area contributed by atoms with E-state index in [1.165, 1.54) is 16.7 Å². The monoisotopic (exact) mass is 389 g/mol. The number of benzene rings is 3. The Hall–Kier alpha value is -2.69. The van der Waals surface area contributed by atoms with Crippen LogP contribution < -0.4 is 0 Å². The second-order valence-corrected chi connectivity index (χ2v) is 9.04. The summed E-state index contributed by atoms with van der Waals surface area (Å²) in [5.41, 5.74) is 5.80. The van der Waals surface area contributed by atoms with Gasteiger partial charge in [0.15, 0.2) is 0 Å². The summed E-state index contributed by atoms with van der Waals surface area (Å²) in [7, 11) is -3.44. The van der Waals surface area contributed by atoms with Crippen molar-refractivity contribution in [2.75, 3.05) is 13.1 Å². The lowest BCUT2D eigenvalue weighted by molar-refractivity contribution is 0.441. The van der Waals surface area contributed by atoms with E-state index in [9.17, 15) is 8.42 Å². The van der Waals surface area contributed by atoms with Crippen molar-refractivity contribution in [2.24, 2.45) is 0 Å². The summed E-state index contributed by atoms with van der Waals surface area (Å²) in [6, 6.07) is 25.8. The van der Waals surface area contributed by atoms with Crippen molar-refractivity contribution in [1.82, 2.24) is 4.31 Å². The van der Waals surface area contributed by atoms with Gasteiger partial charge in [0, 0.05) is 13.1 Å². The van der Waals surface area contributed by atoms with Gasteiger partial charge < -0.3 is 0 Å². The molecular weight excluding hydrogens is 366 g/mol. The maximum atomic E-state index is 12.8. The third-order valence-electron chi connectivity index (χ3n) is 5.19. The molecule has 1 heterocycles. The second kappa shape index (κ2) is 7.74. The molecule has 28 heavy (non-hydrogen) atoms. The SMILES string of the molecule is Cc1ccc(S(=O)(=O)N2CC=C(c3ccc(-c4ccccc4)cc3)CC2)cc1. The lowest BCUT2D eigenvalue weighted by Gasteiger charge is -2.26. The van der Waals surface area contributed by atoms with Crippen molar-refractivity contribution in [2.45, 2.75) is 18.2 Å². The van der Waals surface area contributed by atoms with Gasteiger partial charge in [0.05, 0.1) is 4.90 Å². The first-order valence-electron chi connectivity index (χ1n) is 9.46. The maximum absolute atomic E-state index is 12.8. The average Bonchev–Trinajstić information content (AvgIpc) is 2.75. The molecule has 1 aliphatic rings. The van der Waals surface area contributed by atoms with E-state index in [4.69, 9.17) is 0 Å². The van der Waals surface area contributed by atoms with Crippen molar-refractivity contribution in [1.29, 1.82) is 0 Å². The van der Waals surface area contributed by atoms with Crippen molar-refractivity contribution >= 4 is 15.6 Å². The van der Waals surface area contributed by atoms with Crippen molar-refractivity contribution < 1.29 is 8.42 Å². The van der Waals surface area contributed by atoms with E-state index in [1.807, 2.05) is 43.3 Å². The molecule has 0 aliphatic carbocycles. The van der Waals surface area contributed by atoms with Gasteiger partial charge in [-0.2, -0.15) is 4.31 Å². The van der Waals surface area contributed by atoms with Crippen LogP contribution in [0.2, 0.25) is 0 Å². The normalized spacial score (nSPS) is 15.2. The highest BCUT2D eigenvalue weighted by Gasteiger charge is 2.26. The molecule has 4 heteroatoms. The lowest BCUT2D eigenvalue weighted by Crippen LogP contribution is -2.34. The standard InChI is InChI=1S/C24H23NO2S/c1-19-7-13-24(14-8-19)28(26,27)25-17-15-23(16-18-25)22-11-9-21(10-12-22)20-5-3-2-4-6-20/h2-15H,16-18H2,1H3. The molecule has 0 saturated heterocycles. The summed E-state index contributed by atoms with van der Waals surface area (Å²) in [5, 5.41) is 0. The smallest absolute Gasteiger partial charge is 0.207 e. The van der Waals surface area contributed by atoms with Crippen LogP contribution in [0.15, 0.2) is 89.8 Å². The minimum absolute atomic E-state index is 0.363. The lowest BCUT2D eigenvalue weighted by atomic mass is 9.97. The quantitative estimate of drug-likeness (QED) is 0.620. The Balaban J connectivity index is 1.50. The fraction of sp³-hybridized carbons (Fsp3) is 0.167. The van der Waals surface area contributed by atoms with E-state index in [1.54, 1.807) is 16.4 Å². The Morgan fingerprint density at radius 3 is 1.96 bits per heavy atom. The molecule has 0 atom stereocenters. The Morgan fingerprint density at radius 1 is 0.750 bits per heavy atom. The van der Waals surface area contributed by atoms with E-state index in [0.29, 0.717) is 18.0 Å². The van der Waals surface area contributed by atoms with E-state index >= 15 is 0 Å². The largest absolute Gasteiger partial charge is 0.243 e. The summed E-state index contributed by atoms with van der Waals surface area (Å²) in [4.78, 5) is 0.363. The third-order valence-corrected chi connectivity index (χ3v) is 7.07. The Morgan fingerprint density at radius 2 is 1.36 bits per heavy atom. The predicted molar refractivity (Wildman–Crippen MR) is 114 cm³/mol. The number of hydrogen-bond donors (Lipinski definition) is 0. The first-order chi connectivity index (χ1) is 13.5. The van der Waals surface area contributed by atoms with Crippen molar-refractivity contribution in [3.05, 3.63) is 96.1 Å². The summed E-state index contributed by atoms with van der Waals surface area (Å²) in [5.74, 6) is 0. The number of sulfonamides is 1. The van der Waals surface area contributed by atoms with Crippen LogP contribution in [0.1, 0.15) is 17.5 Å². The van der Waals surface area contributed by atoms with Gasteiger partial charge in [0.1, 0.15) is 0 Å². The molecule has 0 N–H and O–H groups in total. The van der Waals surface area contributed by atoms with Gasteiger partial charge in [-0.25, -0.2) is 8.42 Å². The highest BCUT2D eigenvalue weighted by atomic mass is 32.2. The highest BCUT2D eigenvalue weighted by molar-refractivity contribution is 7.89. The first-order valence-corrected chi connectivity index (χ1v) is 10.9. The van der Waals surface area contributed by atoms with Crippen LogP contribution in [0, 0.1) is 6.92 Å². The van der Waals surface area contributed by atoms with E-state index < -0.39 is 10.0 Å². The molecule has 0 spiro atoms. The predicted octanol–water partition coefficient (Wildman–Crippen LogP) is 5.14. The van der Waals surface area contributed by atoms with Crippen LogP contribution in [0.4, 0.5) is 0 Å². The van der Waals surface area contributed by atoms with Gasteiger partial charge in [-0.15, -0.1) is 0 Å². The van der Waals surface area contributed by atoms with Gasteiger partial charge in [-0.1, -0.05) is 78.4 Å². The van der Waals surface area contributed by atoms with Crippen LogP contribution in [-0.2, 0) is 10.0 Å². The van der Waals surface area contributed by atoms with Gasteiger partial charge in [-0.3, -0.25) is 0 Å². The number of aryl methyl sites for hydroxylation is 1. The van der Waals surface area contributed by atoms with E-state index in [0.717, 1.165) is 17.5 Å². The Kier molecular flexibility index (Phi) is 5.16. The van der Waals surface area contributed by atoms with Gasteiger partial charge in [-0.05, 0) is 47.7 Å². The van der Waals surface area contributed by atoms with Crippen LogP contribution in [0.5, 0.6) is 0 Å². The molecule has 3 aromatic carbocycles. The van der Waals surface area contributed by atoms with Crippen LogP contribution in [-0.4, -0.2) is 25.8 Å².